The molecule has 32 heavy (non-hydrogen) atoms. The van der Waals surface area contributed by atoms with Crippen LogP contribution in [-0.2, 0) is 11.3 Å². The summed E-state index contributed by atoms with van der Waals surface area (Å²) in [6.45, 7) is 5.16. The van der Waals surface area contributed by atoms with Gasteiger partial charge in [-0.3, -0.25) is 9.59 Å². The summed E-state index contributed by atoms with van der Waals surface area (Å²) in [5.41, 5.74) is 2.46. The third-order valence-corrected chi connectivity index (χ3v) is 5.15. The van der Waals surface area contributed by atoms with Crippen molar-refractivity contribution in [3.63, 3.8) is 0 Å². The van der Waals surface area contributed by atoms with Crippen LogP contribution in [0.5, 0.6) is 0 Å². The highest BCUT2D eigenvalue weighted by Gasteiger charge is 2.15. The predicted octanol–water partition coefficient (Wildman–Crippen LogP) is 3.38. The first-order valence-corrected chi connectivity index (χ1v) is 10.6. The summed E-state index contributed by atoms with van der Waals surface area (Å²) in [5.74, 6) is -0.603. The number of nitrogens with zero attached hydrogens (tertiary/aromatic N) is 3. The van der Waals surface area contributed by atoms with Gasteiger partial charge in [0, 0.05) is 18.7 Å². The van der Waals surface area contributed by atoms with Gasteiger partial charge in [0.2, 0.25) is 0 Å². The number of amides is 1. The van der Waals surface area contributed by atoms with E-state index >= 15 is 0 Å². The van der Waals surface area contributed by atoms with E-state index in [2.05, 4.69) is 10.4 Å². The molecule has 4 rings (SSSR count). The van der Waals surface area contributed by atoms with Crippen molar-refractivity contribution in [2.45, 2.75) is 32.9 Å². The van der Waals surface area contributed by atoms with Crippen molar-refractivity contribution in [1.29, 1.82) is 0 Å². The molecule has 0 bridgehead atoms. The van der Waals surface area contributed by atoms with Gasteiger partial charge < -0.3 is 14.6 Å². The van der Waals surface area contributed by atoms with Crippen LogP contribution in [0.2, 0.25) is 0 Å². The average molecular weight is 436 g/mol. The quantitative estimate of drug-likeness (QED) is 0.430. The van der Waals surface area contributed by atoms with Crippen molar-refractivity contribution < 1.29 is 13.9 Å². The number of nitrogens with one attached hydrogen (secondary N) is 1. The molecule has 166 valence electrons. The molecular formula is C24H25FN4O3. The zero-order valence-corrected chi connectivity index (χ0v) is 18.0. The minimum Gasteiger partial charge on any atom is -0.379 e. The first kappa shape index (κ1) is 21.7. The second-order valence-corrected chi connectivity index (χ2v) is 7.88. The molecule has 1 N–H and O–H groups in total. The van der Waals surface area contributed by atoms with E-state index in [0.717, 1.165) is 0 Å². The van der Waals surface area contributed by atoms with Gasteiger partial charge in [0.15, 0.2) is 0 Å². The molecule has 8 heteroatoms. The van der Waals surface area contributed by atoms with Crippen LogP contribution in [0.3, 0.4) is 0 Å². The van der Waals surface area contributed by atoms with Crippen LogP contribution in [0.25, 0.3) is 16.6 Å². The maximum atomic E-state index is 13.7. The van der Waals surface area contributed by atoms with Crippen LogP contribution in [-0.4, -0.2) is 39.3 Å². The van der Waals surface area contributed by atoms with Crippen LogP contribution < -0.4 is 10.9 Å². The summed E-state index contributed by atoms with van der Waals surface area (Å²) in [5, 5.41) is 7.14. The topological polar surface area (TPSA) is 77.6 Å². The lowest BCUT2D eigenvalue weighted by molar-refractivity contribution is 0.0757. The van der Waals surface area contributed by atoms with Crippen molar-refractivity contribution in [3.05, 3.63) is 82.0 Å². The molecule has 0 saturated heterocycles. The Morgan fingerprint density at radius 3 is 2.75 bits per heavy atom. The lowest BCUT2D eigenvalue weighted by Gasteiger charge is -2.14. The molecule has 4 aromatic rings. The molecule has 2 heterocycles. The van der Waals surface area contributed by atoms with Crippen LogP contribution in [0.15, 0.2) is 59.5 Å². The Hall–Kier alpha value is -3.52. The number of hydrogen-bond donors (Lipinski definition) is 1. The van der Waals surface area contributed by atoms with E-state index in [9.17, 15) is 14.0 Å². The highest BCUT2D eigenvalue weighted by Crippen LogP contribution is 2.18. The maximum Gasteiger partial charge on any atom is 0.277 e. The molecule has 0 aliphatic rings. The normalized spacial score (nSPS) is 11.5. The highest BCUT2D eigenvalue weighted by atomic mass is 19.1. The Balaban J connectivity index is 1.68. The number of hydrogen-bond acceptors (Lipinski definition) is 4. The van der Waals surface area contributed by atoms with Gasteiger partial charge in [-0.05, 0) is 62.2 Å². The van der Waals surface area contributed by atoms with Gasteiger partial charge in [0.25, 0.3) is 11.5 Å². The van der Waals surface area contributed by atoms with Gasteiger partial charge >= 0.3 is 0 Å². The standard InChI is InChI=1S/C24H25FN4O3/c1-16(2)32-12-4-10-26-23(30)18-7-8-20-22(14-18)28(15-17-5-3-6-19(25)13-17)24(31)21-9-11-27-29(20)21/h3,5-9,11,13-14,16H,4,10,12,15H2,1-2H3,(H,26,30). The number of halogens is 1. The minimum atomic E-state index is -0.369. The Labute approximate surface area is 184 Å². The largest absolute Gasteiger partial charge is 0.379 e. The first-order valence-electron chi connectivity index (χ1n) is 10.6. The van der Waals surface area contributed by atoms with Crippen LogP contribution in [0, 0.1) is 5.82 Å². The Kier molecular flexibility index (Phi) is 6.32. The number of rotatable bonds is 8. The van der Waals surface area contributed by atoms with Gasteiger partial charge in [-0.2, -0.15) is 5.10 Å². The number of carbonyl (C=O) groups excluding carboxylic acids is 1. The molecule has 2 aromatic carbocycles. The van der Waals surface area contributed by atoms with E-state index in [1.54, 1.807) is 51.7 Å². The summed E-state index contributed by atoms with van der Waals surface area (Å²) in [4.78, 5) is 25.9. The fourth-order valence-corrected chi connectivity index (χ4v) is 3.63. The van der Waals surface area contributed by atoms with Gasteiger partial charge in [-0.1, -0.05) is 12.1 Å². The van der Waals surface area contributed by atoms with Gasteiger partial charge in [-0.25, -0.2) is 8.91 Å². The molecule has 0 atom stereocenters. The third kappa shape index (κ3) is 4.55. The first-order chi connectivity index (χ1) is 15.4. The summed E-state index contributed by atoms with van der Waals surface area (Å²) < 4.78 is 22.3. The van der Waals surface area contributed by atoms with E-state index in [1.807, 2.05) is 13.8 Å². The van der Waals surface area contributed by atoms with Crippen molar-refractivity contribution in [1.82, 2.24) is 19.5 Å². The molecule has 0 unspecified atom stereocenters. The molecule has 0 radical (unpaired) electrons. The molecule has 1 amide bonds. The molecule has 0 aliphatic heterocycles. The fourth-order valence-electron chi connectivity index (χ4n) is 3.63. The monoisotopic (exact) mass is 436 g/mol. The summed E-state index contributed by atoms with van der Waals surface area (Å²) in [6, 6.07) is 12.9. The zero-order valence-electron chi connectivity index (χ0n) is 18.0. The summed E-state index contributed by atoms with van der Waals surface area (Å²) in [6.07, 6.45) is 2.42. The lowest BCUT2D eigenvalue weighted by atomic mass is 10.1. The average Bonchev–Trinajstić information content (AvgIpc) is 3.26. The molecule has 0 fully saturated rings. The second-order valence-electron chi connectivity index (χ2n) is 7.88. The van der Waals surface area contributed by atoms with Crippen LogP contribution in [0.1, 0.15) is 36.2 Å². The molecule has 7 nitrogen and oxygen atoms in total. The van der Waals surface area contributed by atoms with Crippen molar-refractivity contribution in [3.8, 4) is 0 Å². The van der Waals surface area contributed by atoms with Crippen molar-refractivity contribution in [2.75, 3.05) is 13.2 Å². The third-order valence-electron chi connectivity index (χ3n) is 5.15. The molecule has 0 aliphatic carbocycles. The Bertz CT molecular complexity index is 1330. The summed E-state index contributed by atoms with van der Waals surface area (Å²) >= 11 is 0. The number of ether oxygens (including phenoxy) is 1. The number of fused-ring (bicyclic) bond motifs is 3. The van der Waals surface area contributed by atoms with Crippen molar-refractivity contribution >= 4 is 22.5 Å². The van der Waals surface area contributed by atoms with E-state index in [1.165, 1.54) is 12.1 Å². The SMILES string of the molecule is CC(C)OCCCNC(=O)c1ccc2c(c1)n(Cc1cccc(F)c1)c(=O)c1ccnn12. The van der Waals surface area contributed by atoms with Crippen LogP contribution in [0.4, 0.5) is 4.39 Å². The zero-order chi connectivity index (χ0) is 22.7. The molecule has 0 spiro atoms. The molecular weight excluding hydrogens is 411 g/mol. The molecule has 0 saturated carbocycles. The molecule has 2 aromatic heterocycles. The van der Waals surface area contributed by atoms with Crippen LogP contribution >= 0.6 is 0 Å². The Morgan fingerprint density at radius 1 is 1.12 bits per heavy atom. The fraction of sp³-hybridized carbons (Fsp3) is 0.292. The lowest BCUT2D eigenvalue weighted by Crippen LogP contribution is -2.27. The van der Waals surface area contributed by atoms with Gasteiger partial charge in [0.05, 0.1) is 29.9 Å². The van der Waals surface area contributed by atoms with E-state index in [4.69, 9.17) is 4.74 Å². The minimum absolute atomic E-state index is 0.153. The maximum absolute atomic E-state index is 13.7. The second kappa shape index (κ2) is 9.32. The van der Waals surface area contributed by atoms with E-state index in [-0.39, 0.29) is 29.9 Å². The van der Waals surface area contributed by atoms with Crippen molar-refractivity contribution in [2.24, 2.45) is 0 Å². The van der Waals surface area contributed by atoms with Gasteiger partial charge in [0.1, 0.15) is 11.3 Å². The van der Waals surface area contributed by atoms with E-state index < -0.39 is 0 Å². The Morgan fingerprint density at radius 2 is 1.97 bits per heavy atom. The number of benzene rings is 2. The smallest absolute Gasteiger partial charge is 0.277 e. The number of carbonyl (C=O) groups is 1. The van der Waals surface area contributed by atoms with Gasteiger partial charge in [-0.15, -0.1) is 0 Å². The number of aromatic nitrogens is 3. The predicted molar refractivity (Wildman–Crippen MR) is 120 cm³/mol. The van der Waals surface area contributed by atoms with E-state index in [0.29, 0.717) is 47.2 Å². The summed E-state index contributed by atoms with van der Waals surface area (Å²) in [7, 11) is 0. The highest BCUT2D eigenvalue weighted by molar-refractivity contribution is 5.97.